The van der Waals surface area contributed by atoms with Gasteiger partial charge >= 0.3 is 5.97 Å². The van der Waals surface area contributed by atoms with E-state index in [9.17, 15) is 58.4 Å². The second-order valence-electron chi connectivity index (χ2n) is 33.9. The van der Waals surface area contributed by atoms with Crippen LogP contribution in [0.25, 0.3) is 10.9 Å². The molecular formula is C94H113F3N16O20S. The van der Waals surface area contributed by atoms with Gasteiger partial charge in [0.1, 0.15) is 90.0 Å². The predicted molar refractivity (Wildman–Crippen MR) is 484 cm³/mol. The van der Waals surface area contributed by atoms with Gasteiger partial charge in [0.05, 0.1) is 25.3 Å². The Bertz CT molecular complexity index is 5390. The van der Waals surface area contributed by atoms with E-state index in [1.165, 1.54) is 79.5 Å². The number of aliphatic carboxylic acids is 1. The standard InChI is InChI=1S/C94H113F3N16O20S/c1-7-8-25-74-93(132)113-37-18-27-73(113)88(127)104-67(46-79(119)120)85(124)108-81(52(2)3)94(133)110(5)75(43-53-19-11-9-12-20-53)89(128)105-69(41-56-30-34-60(116)35-31-56)91(130)112-36-17-26-72(112)87(126)103-66(45-58-47-99-64-24-16-15-23-61(58)64)84(123)102-65(40-55-28-32-59(115)33-29-55)83(122)106-70(49-114)86(125)107-71(82(121)100-48-77(98)117)50-134-51-78(118)101-68(42-57-38-62(95)80(97)63(96)39-57)90(129)111(6)76(92(131)109(74)4)44-54-21-13-10-14-22-54/h9-16,19-24,28-35,38-39,47,52,65-76,81,99,114-116H,7-8,17-18,25-27,36-37,40-46,48-51H2,1-6H3,(H2,98,117)(H,100,121)(H,101,118)(H,102,123)(H,103,126)(H,104,127)(H,105,128)(H,106,122)(H,107,125)(H,108,124)(H,119,120)/t65-,66-,67-,68+,69-,70+,71-,72+,73+,74-,75+,76-,81-/m0/s1. The van der Waals surface area contributed by atoms with Gasteiger partial charge in [-0.25, -0.2) is 13.2 Å². The number of fused-ring (bicyclic) bond motifs is 3. The molecule has 6 aromatic carbocycles. The number of halogens is 3. The van der Waals surface area contributed by atoms with Crippen LogP contribution in [0.1, 0.15) is 106 Å². The van der Waals surface area contributed by atoms with Crippen LogP contribution in [0.4, 0.5) is 13.2 Å². The van der Waals surface area contributed by atoms with Gasteiger partial charge in [0, 0.05) is 95.6 Å². The zero-order valence-electron chi connectivity index (χ0n) is 74.8. The molecule has 7 aromatic rings. The third-order valence-corrected chi connectivity index (χ3v) is 24.9. The molecule has 0 saturated carbocycles. The highest BCUT2D eigenvalue weighted by molar-refractivity contribution is 8.00. The Balaban J connectivity index is 1.05. The molecule has 1 aromatic heterocycles. The number of unbranched alkanes of at least 4 members (excludes halogenated alkanes) is 1. The van der Waals surface area contributed by atoms with Crippen LogP contribution in [0.3, 0.4) is 0 Å². The summed E-state index contributed by atoms with van der Waals surface area (Å²) in [4.78, 5) is 246. The van der Waals surface area contributed by atoms with Gasteiger partial charge in [-0.1, -0.05) is 137 Å². The number of hydrogen-bond acceptors (Lipinski definition) is 20. The van der Waals surface area contributed by atoms with Gasteiger partial charge in [0.25, 0.3) is 0 Å². The number of hydrogen-bond donors (Lipinski definition) is 15. The Morgan fingerprint density at radius 2 is 0.970 bits per heavy atom. The zero-order chi connectivity index (χ0) is 97.3. The van der Waals surface area contributed by atoms with Crippen LogP contribution in [-0.2, 0) is 115 Å². The number of aliphatic hydroxyl groups excluding tert-OH is 1. The van der Waals surface area contributed by atoms with Crippen molar-refractivity contribution in [1.82, 2.24) is 77.3 Å². The maximum atomic E-state index is 15.7. The second-order valence-corrected chi connectivity index (χ2v) is 34.9. The summed E-state index contributed by atoms with van der Waals surface area (Å²) in [7, 11) is 3.73. The number of aliphatic hydroxyl groups is 1. The number of rotatable bonds is 22. The number of carboxylic acids is 1. The molecule has 0 spiro atoms. The Morgan fingerprint density at radius 3 is 1.53 bits per heavy atom. The van der Waals surface area contributed by atoms with Gasteiger partial charge in [0.15, 0.2) is 17.5 Å². The van der Waals surface area contributed by atoms with E-state index in [1.807, 2.05) is 0 Å². The summed E-state index contributed by atoms with van der Waals surface area (Å²) in [6, 6.07) is 14.1. The number of carboxylic acid groups (broad SMARTS) is 1. The molecule has 0 bridgehead atoms. The van der Waals surface area contributed by atoms with E-state index in [4.69, 9.17) is 5.73 Å². The summed E-state index contributed by atoms with van der Waals surface area (Å²) in [6.07, 6.45) is -0.877. The number of para-hydroxylation sites is 1. The monoisotopic (exact) mass is 1870 g/mol. The van der Waals surface area contributed by atoms with Crippen molar-refractivity contribution in [2.45, 2.75) is 189 Å². The number of likely N-dealkylation sites (N-methyl/N-ethyl adjacent to an activating group) is 3. The fourth-order valence-corrected chi connectivity index (χ4v) is 17.4. The molecule has 10 rings (SSSR count). The quantitative estimate of drug-likeness (QED) is 0.0430. The normalized spacial score (nSPS) is 23.4. The minimum Gasteiger partial charge on any atom is -0.508 e. The van der Waals surface area contributed by atoms with Crippen LogP contribution in [0.2, 0.25) is 0 Å². The number of nitrogens with two attached hydrogens (primary N) is 1. The van der Waals surface area contributed by atoms with Gasteiger partial charge in [0.2, 0.25) is 88.6 Å². The summed E-state index contributed by atoms with van der Waals surface area (Å²) in [6.45, 7) is 2.67. The number of nitrogens with zero attached hydrogens (tertiary/aromatic N) is 5. The maximum Gasteiger partial charge on any atom is 0.305 e. The van der Waals surface area contributed by atoms with Gasteiger partial charge in [-0.3, -0.25) is 76.7 Å². The summed E-state index contributed by atoms with van der Waals surface area (Å²) in [5.41, 5.74) is 7.73. The molecule has 0 radical (unpaired) electrons. The number of carbonyl (C=O) groups is 16. The van der Waals surface area contributed by atoms with Crippen molar-refractivity contribution in [3.05, 3.63) is 203 Å². The molecule has 36 nitrogen and oxygen atoms in total. The lowest BCUT2D eigenvalue weighted by Gasteiger charge is -2.38. The summed E-state index contributed by atoms with van der Waals surface area (Å²) < 4.78 is 45.0. The van der Waals surface area contributed by atoms with E-state index in [0.717, 1.165) is 14.7 Å². The molecule has 716 valence electrons. The number of aromatic nitrogens is 1. The molecule has 40 heteroatoms. The highest BCUT2D eigenvalue weighted by atomic mass is 32.2. The Kier molecular flexibility index (Phi) is 36.6. The minimum absolute atomic E-state index is 0.0190. The molecule has 15 amide bonds. The third kappa shape index (κ3) is 27.4. The molecular weight excluding hydrogens is 1760 g/mol. The zero-order valence-corrected chi connectivity index (χ0v) is 75.7. The van der Waals surface area contributed by atoms with Crippen molar-refractivity contribution >= 4 is 117 Å². The average Bonchev–Trinajstić information content (AvgIpc) is 1.38. The van der Waals surface area contributed by atoms with E-state index in [0.29, 0.717) is 69.0 Å². The number of amides is 15. The fraction of sp³-hybridized carbons (Fsp3) is 0.426. The van der Waals surface area contributed by atoms with Crippen LogP contribution >= 0.6 is 11.8 Å². The first-order valence-electron chi connectivity index (χ1n) is 44.0. The van der Waals surface area contributed by atoms with Crippen molar-refractivity contribution in [2.24, 2.45) is 11.7 Å². The number of H-pyrrole nitrogens is 1. The second kappa shape index (κ2) is 48.0. The van der Waals surface area contributed by atoms with Gasteiger partial charge in [-0.15, -0.1) is 11.8 Å². The van der Waals surface area contributed by atoms with Crippen LogP contribution in [0.15, 0.2) is 152 Å². The number of benzene rings is 6. The smallest absolute Gasteiger partial charge is 0.305 e. The molecule has 13 atom stereocenters. The van der Waals surface area contributed by atoms with Crippen LogP contribution < -0.4 is 53.6 Å². The first-order chi connectivity index (χ1) is 63.9. The van der Waals surface area contributed by atoms with Crippen molar-refractivity contribution in [2.75, 3.05) is 58.9 Å². The maximum absolute atomic E-state index is 15.7. The van der Waals surface area contributed by atoms with Crippen LogP contribution in [-0.4, -0.2) is 282 Å². The SMILES string of the molecule is CCCC[C@H]1C(=O)N2CCC[C@@H]2C(=O)N[C@@H](CC(=O)O)C(=O)N[C@@H](C(C)C)C(=O)N(C)[C@H](Cc2ccccc2)C(=O)N[C@@H](Cc2ccc(O)cc2)C(=O)N2CCC[C@@H]2C(=O)N[C@@H](Cc2c[nH]c3ccccc23)C(=O)N[C@@H](Cc2ccc(O)cc2)C(=O)N[C@H](CO)C(=O)N[C@H](C(=O)NCC(N)=O)CSCC(=O)N[C@H](Cc2cc(F)c(F)c(F)c2)C(=O)N(C)[C@@H](Cc2ccccc2)C(=O)N1C. The van der Waals surface area contributed by atoms with E-state index in [2.05, 4.69) is 52.8 Å². The van der Waals surface area contributed by atoms with Crippen LogP contribution in [0.5, 0.6) is 11.5 Å². The minimum atomic E-state index is -2.00. The molecule has 0 unspecified atom stereocenters. The number of nitrogens with one attached hydrogen (secondary N) is 10. The molecule has 4 heterocycles. The Hall–Kier alpha value is -13.9. The van der Waals surface area contributed by atoms with E-state index in [1.54, 1.807) is 112 Å². The molecule has 3 saturated heterocycles. The lowest BCUT2D eigenvalue weighted by Crippen LogP contribution is -2.62. The Morgan fingerprint density at radius 1 is 0.500 bits per heavy atom. The fourth-order valence-electron chi connectivity index (χ4n) is 16.5. The average molecular weight is 1880 g/mol. The first kappa shape index (κ1) is 102. The summed E-state index contributed by atoms with van der Waals surface area (Å²) >= 11 is 0.609. The largest absolute Gasteiger partial charge is 0.508 e. The van der Waals surface area contributed by atoms with Crippen LogP contribution in [0, 0.1) is 23.4 Å². The van der Waals surface area contributed by atoms with E-state index in [-0.39, 0.29) is 94.4 Å². The molecule has 3 fully saturated rings. The number of aromatic amines is 1. The van der Waals surface area contributed by atoms with Crippen molar-refractivity contribution in [3.8, 4) is 11.5 Å². The highest BCUT2D eigenvalue weighted by Gasteiger charge is 2.47. The molecule has 0 aliphatic carbocycles. The van der Waals surface area contributed by atoms with Gasteiger partial charge < -0.3 is 103 Å². The molecule has 3 aliphatic rings. The van der Waals surface area contributed by atoms with Gasteiger partial charge in [-0.2, -0.15) is 0 Å². The number of primary amides is 1. The number of aromatic hydroxyl groups is 2. The van der Waals surface area contributed by atoms with Crippen molar-refractivity contribution in [1.29, 1.82) is 0 Å². The lowest BCUT2D eigenvalue weighted by molar-refractivity contribution is -0.152. The molecule has 134 heavy (non-hydrogen) atoms. The van der Waals surface area contributed by atoms with E-state index >= 15 is 51.9 Å². The third-order valence-electron chi connectivity index (χ3n) is 23.9. The topological polar surface area (TPSA) is 520 Å². The van der Waals surface area contributed by atoms with E-state index < -0.39 is 240 Å². The molecule has 16 N–H and O–H groups in total. The lowest BCUT2D eigenvalue weighted by atomic mass is 9.98. The number of phenols is 2. The number of phenolic OH excluding ortho intramolecular Hbond substituents is 2. The number of carbonyl (C=O) groups excluding carboxylic acids is 15. The summed E-state index contributed by atoms with van der Waals surface area (Å²) in [5.74, 6) is -24.6. The van der Waals surface area contributed by atoms with Crippen molar-refractivity contribution in [3.63, 3.8) is 0 Å². The Labute approximate surface area is 774 Å². The predicted octanol–water partition coefficient (Wildman–Crippen LogP) is 1.76. The number of thioether (sulfide) groups is 1. The van der Waals surface area contributed by atoms with Crippen molar-refractivity contribution < 1.29 is 110 Å². The first-order valence-corrected chi connectivity index (χ1v) is 45.2. The highest BCUT2D eigenvalue weighted by Crippen LogP contribution is 2.29. The summed E-state index contributed by atoms with van der Waals surface area (Å²) in [5, 5.41) is 65.8. The van der Waals surface area contributed by atoms with Gasteiger partial charge in [-0.05, 0) is 114 Å². The molecule has 3 aliphatic heterocycles.